The number of esters is 1. The van der Waals surface area contributed by atoms with Crippen molar-refractivity contribution in [2.75, 3.05) is 27.3 Å². The largest absolute Gasteiger partial charge is 0.486 e. The number of carbonyl (C=O) groups is 2. The van der Waals surface area contributed by atoms with Crippen LogP contribution in [-0.2, 0) is 9.53 Å². The fourth-order valence-electron chi connectivity index (χ4n) is 2.69. The topological polar surface area (TPSA) is 108 Å². The van der Waals surface area contributed by atoms with Crippen LogP contribution in [0.25, 0.3) is 0 Å². The number of nitrogens with zero attached hydrogens (tertiary/aromatic N) is 2. The summed E-state index contributed by atoms with van der Waals surface area (Å²) in [5.41, 5.74) is -0.352. The second-order valence-corrected chi connectivity index (χ2v) is 6.20. The van der Waals surface area contributed by atoms with Gasteiger partial charge in [0.2, 0.25) is 6.10 Å². The zero-order valence-electron chi connectivity index (χ0n) is 15.3. The van der Waals surface area contributed by atoms with Gasteiger partial charge in [0.25, 0.3) is 11.6 Å². The van der Waals surface area contributed by atoms with Crippen LogP contribution in [0.5, 0.6) is 11.5 Å². The van der Waals surface area contributed by atoms with Gasteiger partial charge in [-0.05, 0) is 0 Å². The molecule has 1 aliphatic rings. The summed E-state index contributed by atoms with van der Waals surface area (Å²) in [5.74, 6) is -1.09. The van der Waals surface area contributed by atoms with E-state index in [9.17, 15) is 19.7 Å². The molecule has 0 aliphatic carbocycles. The highest BCUT2D eigenvalue weighted by atomic mass is 16.6. The lowest BCUT2D eigenvalue weighted by Gasteiger charge is -2.22. The second kappa shape index (κ2) is 7.95. The van der Waals surface area contributed by atoms with Gasteiger partial charge in [-0.25, -0.2) is 4.79 Å². The monoisotopic (exact) mass is 386 g/mol. The quantitative estimate of drug-likeness (QED) is 0.441. The Morgan fingerprint density at radius 1 is 1.11 bits per heavy atom. The number of fused-ring (bicyclic) bond motifs is 1. The molecule has 1 amide bonds. The highest BCUT2D eigenvalue weighted by Crippen LogP contribution is 2.37. The number of nitro benzene ring substituents is 1. The van der Waals surface area contributed by atoms with Gasteiger partial charge in [0.1, 0.15) is 18.8 Å². The highest BCUT2D eigenvalue weighted by Gasteiger charge is 2.32. The van der Waals surface area contributed by atoms with Crippen molar-refractivity contribution in [1.82, 2.24) is 4.90 Å². The number of nitro groups is 1. The predicted molar refractivity (Wildman–Crippen MR) is 97.4 cm³/mol. The molecule has 1 heterocycles. The lowest BCUT2D eigenvalue weighted by molar-refractivity contribution is -0.385. The Morgan fingerprint density at radius 2 is 1.71 bits per heavy atom. The molecule has 0 bridgehead atoms. The van der Waals surface area contributed by atoms with Gasteiger partial charge in [0.05, 0.1) is 11.0 Å². The first-order valence-electron chi connectivity index (χ1n) is 8.43. The van der Waals surface area contributed by atoms with Gasteiger partial charge in [-0.1, -0.05) is 30.3 Å². The Labute approximate surface area is 160 Å². The first-order chi connectivity index (χ1) is 13.4. The number of likely N-dealkylation sites (N-methyl/N-ethyl adjacent to an activating group) is 1. The van der Waals surface area contributed by atoms with Crippen molar-refractivity contribution in [2.24, 2.45) is 0 Å². The van der Waals surface area contributed by atoms with Crippen LogP contribution in [0, 0.1) is 10.1 Å². The number of amides is 1. The molecule has 146 valence electrons. The van der Waals surface area contributed by atoms with Crippen LogP contribution in [0.15, 0.2) is 42.5 Å². The Balaban J connectivity index is 1.98. The number of benzene rings is 2. The second-order valence-electron chi connectivity index (χ2n) is 6.20. The minimum Gasteiger partial charge on any atom is -0.486 e. The third kappa shape index (κ3) is 3.88. The molecule has 1 unspecified atom stereocenters. The normalized spacial score (nSPS) is 13.4. The minimum atomic E-state index is -1.24. The maximum atomic E-state index is 12.8. The molecule has 0 saturated carbocycles. The predicted octanol–water partition coefficient (Wildman–Crippen LogP) is 2.35. The van der Waals surface area contributed by atoms with Crippen molar-refractivity contribution in [1.29, 1.82) is 0 Å². The molecule has 2 aromatic carbocycles. The number of rotatable bonds is 5. The van der Waals surface area contributed by atoms with Crippen molar-refractivity contribution >= 4 is 17.6 Å². The summed E-state index contributed by atoms with van der Waals surface area (Å²) in [6.07, 6.45) is -1.24. The van der Waals surface area contributed by atoms with E-state index in [2.05, 4.69) is 0 Å². The Bertz CT molecular complexity index is 912. The standard InChI is InChI=1S/C19H18N2O7/c1-20(2)18(22)17(12-6-4-3-5-7-12)28-19(23)13-10-15-16(27-9-8-26-15)11-14(13)21(24)25/h3-7,10-11,17H,8-9H2,1-2H3. The third-order valence-electron chi connectivity index (χ3n) is 4.07. The SMILES string of the molecule is CN(C)C(=O)C(OC(=O)c1cc2c(cc1[N+](=O)[O-])OCCO2)c1ccccc1. The van der Waals surface area contributed by atoms with E-state index in [-0.39, 0.29) is 30.3 Å². The molecule has 0 N–H and O–H groups in total. The molecule has 1 aliphatic heterocycles. The zero-order valence-corrected chi connectivity index (χ0v) is 15.3. The van der Waals surface area contributed by atoms with Gasteiger partial charge in [0, 0.05) is 25.7 Å². The van der Waals surface area contributed by atoms with E-state index in [0.29, 0.717) is 5.56 Å². The van der Waals surface area contributed by atoms with Gasteiger partial charge in [0.15, 0.2) is 11.5 Å². The molecule has 0 aromatic heterocycles. The van der Waals surface area contributed by atoms with Crippen LogP contribution in [0.4, 0.5) is 5.69 Å². The van der Waals surface area contributed by atoms with Crippen molar-refractivity contribution in [3.8, 4) is 11.5 Å². The summed E-state index contributed by atoms with van der Waals surface area (Å²) in [4.78, 5) is 37.3. The van der Waals surface area contributed by atoms with Gasteiger partial charge >= 0.3 is 5.97 Å². The molecule has 0 saturated heterocycles. The van der Waals surface area contributed by atoms with Crippen LogP contribution < -0.4 is 9.47 Å². The molecule has 2 aromatic rings. The fraction of sp³-hybridized carbons (Fsp3) is 0.263. The van der Waals surface area contributed by atoms with E-state index in [1.165, 1.54) is 25.1 Å². The fourth-order valence-corrected chi connectivity index (χ4v) is 2.69. The summed E-state index contributed by atoms with van der Waals surface area (Å²) >= 11 is 0. The number of ether oxygens (including phenoxy) is 3. The molecule has 9 nitrogen and oxygen atoms in total. The molecule has 0 fully saturated rings. The highest BCUT2D eigenvalue weighted by molar-refractivity contribution is 5.97. The van der Waals surface area contributed by atoms with Crippen LogP contribution in [0.1, 0.15) is 22.0 Å². The average Bonchev–Trinajstić information content (AvgIpc) is 2.70. The molecule has 28 heavy (non-hydrogen) atoms. The van der Waals surface area contributed by atoms with E-state index >= 15 is 0 Å². The van der Waals surface area contributed by atoms with Crippen LogP contribution in [0.2, 0.25) is 0 Å². The molecular weight excluding hydrogens is 368 g/mol. The zero-order chi connectivity index (χ0) is 20.3. The van der Waals surface area contributed by atoms with Gasteiger partial charge in [-0.2, -0.15) is 0 Å². The summed E-state index contributed by atoms with van der Waals surface area (Å²) in [5, 5.41) is 11.4. The smallest absolute Gasteiger partial charge is 0.346 e. The van der Waals surface area contributed by atoms with Gasteiger partial charge in [-0.15, -0.1) is 0 Å². The van der Waals surface area contributed by atoms with Gasteiger partial charge in [-0.3, -0.25) is 14.9 Å². The van der Waals surface area contributed by atoms with Crippen molar-refractivity contribution in [3.63, 3.8) is 0 Å². The first-order valence-corrected chi connectivity index (χ1v) is 8.43. The van der Waals surface area contributed by atoms with Crippen LogP contribution >= 0.6 is 0 Å². The van der Waals surface area contributed by atoms with Crippen LogP contribution in [-0.4, -0.2) is 49.0 Å². The average molecular weight is 386 g/mol. The number of hydrogen-bond acceptors (Lipinski definition) is 7. The number of carbonyl (C=O) groups excluding carboxylic acids is 2. The molecule has 0 radical (unpaired) electrons. The van der Waals surface area contributed by atoms with Crippen LogP contribution in [0.3, 0.4) is 0 Å². The maximum Gasteiger partial charge on any atom is 0.346 e. The molecule has 0 spiro atoms. The van der Waals surface area contributed by atoms with Gasteiger partial charge < -0.3 is 19.1 Å². The molecular formula is C19H18N2O7. The summed E-state index contributed by atoms with van der Waals surface area (Å²) in [7, 11) is 3.05. The Kier molecular flexibility index (Phi) is 5.44. The minimum absolute atomic E-state index is 0.179. The Morgan fingerprint density at radius 3 is 2.29 bits per heavy atom. The van der Waals surface area contributed by atoms with E-state index < -0.39 is 28.6 Å². The Hall–Kier alpha value is -3.62. The number of hydrogen-bond donors (Lipinski definition) is 0. The maximum absolute atomic E-state index is 12.8. The van der Waals surface area contributed by atoms with E-state index in [4.69, 9.17) is 14.2 Å². The lowest BCUT2D eigenvalue weighted by Crippen LogP contribution is -2.31. The lowest BCUT2D eigenvalue weighted by atomic mass is 10.1. The molecule has 9 heteroatoms. The van der Waals surface area contributed by atoms with Crippen molar-refractivity contribution in [2.45, 2.75) is 6.10 Å². The molecule has 1 atom stereocenters. The molecule has 3 rings (SSSR count). The van der Waals surface area contributed by atoms with Crippen molar-refractivity contribution < 1.29 is 28.7 Å². The third-order valence-corrected chi connectivity index (χ3v) is 4.07. The van der Waals surface area contributed by atoms with E-state index in [1.807, 2.05) is 0 Å². The van der Waals surface area contributed by atoms with E-state index in [0.717, 1.165) is 6.07 Å². The van der Waals surface area contributed by atoms with Crippen molar-refractivity contribution in [3.05, 3.63) is 63.7 Å². The summed E-state index contributed by atoms with van der Waals surface area (Å²) in [6, 6.07) is 10.8. The van der Waals surface area contributed by atoms with E-state index in [1.54, 1.807) is 30.3 Å². The first kappa shape index (κ1) is 19.2. The summed E-state index contributed by atoms with van der Waals surface area (Å²) in [6.45, 7) is 0.506. The summed E-state index contributed by atoms with van der Waals surface area (Å²) < 4.78 is 16.1.